The molecule has 2 aromatic carbocycles. The second-order valence-corrected chi connectivity index (χ2v) is 6.13. The molecule has 0 saturated heterocycles. The van der Waals surface area contributed by atoms with Crippen LogP contribution in [0.1, 0.15) is 26.3 Å². The van der Waals surface area contributed by atoms with Crippen molar-refractivity contribution in [1.82, 2.24) is 4.90 Å². The zero-order valence-electron chi connectivity index (χ0n) is 11.9. The molecule has 116 valence electrons. The number of carboxylic acids is 1. The number of hydrogen-bond acceptors (Lipinski definition) is 3. The maximum Gasteiger partial charge on any atom is 0.327 e. The minimum atomic E-state index is -1.23. The van der Waals surface area contributed by atoms with Gasteiger partial charge in [0.15, 0.2) is 0 Å². The van der Waals surface area contributed by atoms with Crippen LogP contribution in [0.3, 0.4) is 0 Å². The number of carbonyl (C=O) groups excluding carboxylic acids is 2. The van der Waals surface area contributed by atoms with E-state index in [1.54, 1.807) is 36.4 Å². The minimum absolute atomic E-state index is 0.0636. The maximum absolute atomic E-state index is 12.4. The fraction of sp³-hybridized carbons (Fsp3) is 0.118. The zero-order valence-corrected chi connectivity index (χ0v) is 13.5. The number of benzene rings is 2. The lowest BCUT2D eigenvalue weighted by Crippen LogP contribution is -2.46. The molecular weight excluding hydrogens is 362 g/mol. The predicted molar refractivity (Wildman–Crippen MR) is 86.2 cm³/mol. The normalized spacial score (nSPS) is 14.7. The first-order valence-electron chi connectivity index (χ1n) is 6.93. The van der Waals surface area contributed by atoms with Gasteiger partial charge >= 0.3 is 5.97 Å². The fourth-order valence-electron chi connectivity index (χ4n) is 2.62. The molecule has 0 bridgehead atoms. The van der Waals surface area contributed by atoms with Crippen LogP contribution in [0.25, 0.3) is 0 Å². The van der Waals surface area contributed by atoms with E-state index in [4.69, 9.17) is 0 Å². The van der Waals surface area contributed by atoms with Gasteiger partial charge < -0.3 is 5.11 Å². The van der Waals surface area contributed by atoms with Crippen molar-refractivity contribution in [3.05, 3.63) is 69.7 Å². The summed E-state index contributed by atoms with van der Waals surface area (Å²) in [6.45, 7) is 0. The predicted octanol–water partition coefficient (Wildman–Crippen LogP) is 2.74. The van der Waals surface area contributed by atoms with E-state index in [1.807, 2.05) is 0 Å². The van der Waals surface area contributed by atoms with Gasteiger partial charge in [-0.25, -0.2) is 4.79 Å². The number of carbonyl (C=O) groups is 3. The van der Waals surface area contributed by atoms with Gasteiger partial charge in [0.2, 0.25) is 0 Å². The Balaban J connectivity index is 1.94. The maximum atomic E-state index is 12.4. The lowest BCUT2D eigenvalue weighted by atomic mass is 10.0. The van der Waals surface area contributed by atoms with Gasteiger partial charge in [-0.2, -0.15) is 0 Å². The zero-order chi connectivity index (χ0) is 16.6. The summed E-state index contributed by atoms with van der Waals surface area (Å²) in [5, 5.41) is 9.51. The molecular formula is C17H12BrNO4. The van der Waals surface area contributed by atoms with Crippen LogP contribution in [-0.2, 0) is 11.2 Å². The molecule has 1 N–H and O–H groups in total. The third-order valence-corrected chi connectivity index (χ3v) is 4.29. The van der Waals surface area contributed by atoms with E-state index in [2.05, 4.69) is 15.9 Å². The monoisotopic (exact) mass is 373 g/mol. The lowest BCUT2D eigenvalue weighted by Gasteiger charge is -2.22. The Morgan fingerprint density at radius 1 is 1.00 bits per heavy atom. The Morgan fingerprint density at radius 3 is 2.00 bits per heavy atom. The highest BCUT2D eigenvalue weighted by molar-refractivity contribution is 9.10. The van der Waals surface area contributed by atoms with E-state index in [9.17, 15) is 19.5 Å². The average molecular weight is 374 g/mol. The van der Waals surface area contributed by atoms with Gasteiger partial charge in [-0.1, -0.05) is 40.2 Å². The number of halogens is 1. The molecule has 1 aliphatic heterocycles. The van der Waals surface area contributed by atoms with Crippen molar-refractivity contribution in [1.29, 1.82) is 0 Å². The lowest BCUT2D eigenvalue weighted by molar-refractivity contribution is -0.141. The van der Waals surface area contributed by atoms with Crippen LogP contribution in [0.4, 0.5) is 0 Å². The Bertz CT molecular complexity index is 765. The number of nitrogens with zero attached hydrogens (tertiary/aromatic N) is 1. The molecule has 0 aromatic heterocycles. The summed E-state index contributed by atoms with van der Waals surface area (Å²) in [5.74, 6) is -2.33. The van der Waals surface area contributed by atoms with Crippen LogP contribution in [-0.4, -0.2) is 33.8 Å². The van der Waals surface area contributed by atoms with E-state index in [-0.39, 0.29) is 17.5 Å². The molecule has 0 unspecified atom stereocenters. The van der Waals surface area contributed by atoms with E-state index in [0.717, 1.165) is 14.9 Å². The average Bonchev–Trinajstić information content (AvgIpc) is 2.79. The number of rotatable bonds is 4. The third kappa shape index (κ3) is 2.77. The molecule has 0 saturated carbocycles. The van der Waals surface area contributed by atoms with Gasteiger partial charge in [-0.15, -0.1) is 0 Å². The van der Waals surface area contributed by atoms with E-state index < -0.39 is 23.8 Å². The highest BCUT2D eigenvalue weighted by Crippen LogP contribution is 2.26. The van der Waals surface area contributed by atoms with Crippen LogP contribution >= 0.6 is 15.9 Å². The van der Waals surface area contributed by atoms with E-state index >= 15 is 0 Å². The summed E-state index contributed by atoms with van der Waals surface area (Å²) in [7, 11) is 0. The summed E-state index contributed by atoms with van der Waals surface area (Å²) in [6, 6.07) is 12.2. The molecule has 3 rings (SSSR count). The smallest absolute Gasteiger partial charge is 0.327 e. The van der Waals surface area contributed by atoms with Crippen molar-refractivity contribution in [2.24, 2.45) is 0 Å². The topological polar surface area (TPSA) is 74.7 Å². The van der Waals surface area contributed by atoms with Gasteiger partial charge in [0.1, 0.15) is 6.04 Å². The Morgan fingerprint density at radius 2 is 1.52 bits per heavy atom. The quantitative estimate of drug-likeness (QED) is 0.836. The first-order chi connectivity index (χ1) is 11.0. The van der Waals surface area contributed by atoms with Crippen LogP contribution in [0.2, 0.25) is 0 Å². The van der Waals surface area contributed by atoms with Crippen LogP contribution in [0.5, 0.6) is 0 Å². The second-order valence-electron chi connectivity index (χ2n) is 5.21. The summed E-state index contributed by atoms with van der Waals surface area (Å²) < 4.78 is 0.869. The van der Waals surface area contributed by atoms with Crippen molar-refractivity contribution < 1.29 is 19.5 Å². The van der Waals surface area contributed by atoms with Crippen LogP contribution < -0.4 is 0 Å². The molecule has 5 nitrogen and oxygen atoms in total. The standard InChI is InChI=1S/C17H12BrNO4/c18-11-7-5-10(6-8-11)9-14(17(22)23)19-15(20)12-3-1-2-4-13(12)16(19)21/h1-8,14H,9H2,(H,22,23)/t14-/m0/s1. The molecule has 0 fully saturated rings. The van der Waals surface area contributed by atoms with Crippen molar-refractivity contribution >= 4 is 33.7 Å². The highest BCUT2D eigenvalue weighted by Gasteiger charge is 2.42. The first kappa shape index (κ1) is 15.4. The van der Waals surface area contributed by atoms with Crippen molar-refractivity contribution in [2.75, 3.05) is 0 Å². The van der Waals surface area contributed by atoms with Gasteiger partial charge in [0, 0.05) is 10.9 Å². The number of aliphatic carboxylic acids is 1. The Kier molecular flexibility index (Phi) is 4.00. The minimum Gasteiger partial charge on any atom is -0.480 e. The SMILES string of the molecule is O=C(O)[C@H](Cc1ccc(Br)cc1)N1C(=O)c2ccccc2C1=O. The molecule has 1 heterocycles. The molecule has 1 atom stereocenters. The van der Waals surface area contributed by atoms with Crippen LogP contribution in [0, 0.1) is 0 Å². The highest BCUT2D eigenvalue weighted by atomic mass is 79.9. The summed E-state index contributed by atoms with van der Waals surface area (Å²) in [5.41, 5.74) is 1.23. The summed E-state index contributed by atoms with van der Waals surface area (Å²) in [6.07, 6.45) is 0.0636. The third-order valence-electron chi connectivity index (χ3n) is 3.76. The molecule has 1 aliphatic rings. The molecule has 23 heavy (non-hydrogen) atoms. The molecule has 0 aliphatic carbocycles. The van der Waals surface area contributed by atoms with Gasteiger partial charge in [0.25, 0.3) is 11.8 Å². The molecule has 2 amide bonds. The van der Waals surface area contributed by atoms with Crippen molar-refractivity contribution in [3.63, 3.8) is 0 Å². The second kappa shape index (κ2) is 5.96. The van der Waals surface area contributed by atoms with Gasteiger partial charge in [0.05, 0.1) is 11.1 Å². The Hall–Kier alpha value is -2.47. The number of imide groups is 1. The molecule has 2 aromatic rings. The number of hydrogen-bond donors (Lipinski definition) is 1. The van der Waals surface area contributed by atoms with E-state index in [0.29, 0.717) is 0 Å². The number of carboxylic acid groups (broad SMARTS) is 1. The number of fused-ring (bicyclic) bond motifs is 1. The molecule has 0 radical (unpaired) electrons. The number of amides is 2. The first-order valence-corrected chi connectivity index (χ1v) is 7.72. The fourth-order valence-corrected chi connectivity index (χ4v) is 2.89. The largest absolute Gasteiger partial charge is 0.480 e. The van der Waals surface area contributed by atoms with Gasteiger partial charge in [-0.05, 0) is 29.8 Å². The summed E-state index contributed by atoms with van der Waals surface area (Å²) in [4.78, 5) is 37.4. The van der Waals surface area contributed by atoms with Crippen molar-refractivity contribution in [2.45, 2.75) is 12.5 Å². The van der Waals surface area contributed by atoms with Gasteiger partial charge in [-0.3, -0.25) is 14.5 Å². The molecule has 6 heteroatoms. The summed E-state index contributed by atoms with van der Waals surface area (Å²) >= 11 is 3.31. The Labute approximate surface area is 140 Å². The van der Waals surface area contributed by atoms with E-state index in [1.165, 1.54) is 12.1 Å². The van der Waals surface area contributed by atoms with Crippen molar-refractivity contribution in [3.8, 4) is 0 Å². The van der Waals surface area contributed by atoms with Crippen LogP contribution in [0.15, 0.2) is 53.0 Å². The molecule has 0 spiro atoms.